The highest BCUT2D eigenvalue weighted by Gasteiger charge is 2.32. The molecule has 0 aliphatic carbocycles. The molecule has 3 rings (SSSR count). The fourth-order valence-corrected chi connectivity index (χ4v) is 4.30. The third-order valence-corrected chi connectivity index (χ3v) is 6.43. The van der Waals surface area contributed by atoms with Crippen molar-refractivity contribution >= 4 is 69.3 Å². The van der Waals surface area contributed by atoms with Crippen LogP contribution >= 0.6 is 46.6 Å². The van der Waals surface area contributed by atoms with E-state index in [0.29, 0.717) is 42.8 Å². The summed E-state index contributed by atoms with van der Waals surface area (Å²) in [6, 6.07) is 11.3. The van der Waals surface area contributed by atoms with Gasteiger partial charge < -0.3 is 15.4 Å². The van der Waals surface area contributed by atoms with Gasteiger partial charge in [0.15, 0.2) is 5.17 Å². The molecule has 1 aliphatic rings. The molecule has 2 aromatic carbocycles. The number of amidine groups is 1. The topological polar surface area (TPSA) is 79.8 Å². The van der Waals surface area contributed by atoms with Gasteiger partial charge in [0.1, 0.15) is 6.04 Å². The molecular weight excluding hydrogens is 493 g/mol. The third-order valence-electron chi connectivity index (χ3n) is 4.46. The second-order valence-corrected chi connectivity index (χ2v) is 8.89. The lowest BCUT2D eigenvalue weighted by atomic mass is 9.96. The van der Waals surface area contributed by atoms with Crippen molar-refractivity contribution in [3.63, 3.8) is 0 Å². The van der Waals surface area contributed by atoms with Crippen molar-refractivity contribution in [1.82, 2.24) is 5.32 Å². The maximum absolute atomic E-state index is 12.6. The average Bonchev–Trinajstić information content (AvgIpc) is 2.75. The van der Waals surface area contributed by atoms with Gasteiger partial charge in [-0.15, -0.1) is 0 Å². The maximum atomic E-state index is 12.6. The minimum absolute atomic E-state index is 0.104. The van der Waals surface area contributed by atoms with Gasteiger partial charge in [0.2, 0.25) is 5.91 Å². The van der Waals surface area contributed by atoms with Gasteiger partial charge in [-0.1, -0.05) is 58.7 Å². The molecule has 0 saturated carbocycles. The van der Waals surface area contributed by atoms with Gasteiger partial charge >= 0.3 is 5.97 Å². The lowest BCUT2D eigenvalue weighted by Crippen LogP contribution is -2.31. The highest BCUT2D eigenvalue weighted by molar-refractivity contribution is 8.14. The summed E-state index contributed by atoms with van der Waals surface area (Å²) in [6.07, 6.45) is 0. The largest absolute Gasteiger partial charge is 0.463 e. The van der Waals surface area contributed by atoms with Crippen molar-refractivity contribution in [2.24, 2.45) is 4.99 Å². The Labute approximate surface area is 205 Å². The van der Waals surface area contributed by atoms with Gasteiger partial charge in [-0.25, -0.2) is 9.79 Å². The summed E-state index contributed by atoms with van der Waals surface area (Å²) in [5.41, 5.74) is 2.13. The van der Waals surface area contributed by atoms with Crippen LogP contribution < -0.4 is 10.6 Å². The first-order chi connectivity index (χ1) is 15.3. The van der Waals surface area contributed by atoms with E-state index in [0.717, 1.165) is 0 Å². The number of halogens is 3. The molecule has 0 spiro atoms. The minimum atomic E-state index is -0.719. The van der Waals surface area contributed by atoms with Crippen LogP contribution in [0.1, 0.15) is 25.5 Å². The number of hydrogen-bond donors (Lipinski definition) is 2. The van der Waals surface area contributed by atoms with Crippen molar-refractivity contribution in [2.75, 3.05) is 17.7 Å². The molecule has 1 heterocycles. The Morgan fingerprint density at radius 3 is 2.56 bits per heavy atom. The van der Waals surface area contributed by atoms with Crippen LogP contribution in [0.4, 0.5) is 5.69 Å². The van der Waals surface area contributed by atoms with E-state index in [2.05, 4.69) is 15.6 Å². The normalized spacial score (nSPS) is 15.7. The molecule has 0 radical (unpaired) electrons. The number of thioether (sulfide) groups is 1. The lowest BCUT2D eigenvalue weighted by Gasteiger charge is -2.26. The molecule has 1 amide bonds. The van der Waals surface area contributed by atoms with Gasteiger partial charge in [-0.2, -0.15) is 0 Å². The summed E-state index contributed by atoms with van der Waals surface area (Å²) in [7, 11) is 0. The highest BCUT2D eigenvalue weighted by Crippen LogP contribution is 2.39. The second kappa shape index (κ2) is 11.1. The zero-order valence-electron chi connectivity index (χ0n) is 17.2. The molecular formula is C22H20Cl3N3O3S. The van der Waals surface area contributed by atoms with Crippen LogP contribution in [0.3, 0.4) is 0 Å². The van der Waals surface area contributed by atoms with Crippen molar-refractivity contribution in [3.05, 3.63) is 74.4 Å². The summed E-state index contributed by atoms with van der Waals surface area (Å²) in [5.74, 6) is -0.601. The first-order valence-electron chi connectivity index (χ1n) is 9.65. The number of benzene rings is 2. The SMILES string of the molecule is CCOC(=O)C1=C(C)NC(SCC(=O)Nc2ccc(Cl)cc2)=N[C@@H]1c1cccc(Cl)c1Cl. The number of amides is 1. The third kappa shape index (κ3) is 5.98. The Hall–Kier alpha value is -2.19. The van der Waals surface area contributed by atoms with Gasteiger partial charge in [0, 0.05) is 22.0 Å². The summed E-state index contributed by atoms with van der Waals surface area (Å²) in [6.45, 7) is 3.71. The highest BCUT2D eigenvalue weighted by atomic mass is 35.5. The van der Waals surface area contributed by atoms with E-state index in [1.165, 1.54) is 11.8 Å². The van der Waals surface area contributed by atoms with Crippen molar-refractivity contribution < 1.29 is 14.3 Å². The molecule has 168 valence electrons. The molecule has 0 bridgehead atoms. The molecule has 1 aliphatic heterocycles. The number of aliphatic imine (C=N–C) groups is 1. The van der Waals surface area contributed by atoms with Gasteiger partial charge in [-0.3, -0.25) is 4.79 Å². The monoisotopic (exact) mass is 511 g/mol. The van der Waals surface area contributed by atoms with E-state index in [1.54, 1.807) is 56.3 Å². The van der Waals surface area contributed by atoms with Crippen LogP contribution in [0.2, 0.25) is 15.1 Å². The summed E-state index contributed by atoms with van der Waals surface area (Å²) in [5, 5.41) is 7.61. The molecule has 2 N–H and O–H groups in total. The predicted octanol–water partition coefficient (Wildman–Crippen LogP) is 5.86. The number of anilines is 1. The quantitative estimate of drug-likeness (QED) is 0.474. The zero-order valence-corrected chi connectivity index (χ0v) is 20.3. The fourth-order valence-electron chi connectivity index (χ4n) is 3.01. The number of esters is 1. The summed E-state index contributed by atoms with van der Waals surface area (Å²) < 4.78 is 5.22. The first-order valence-corrected chi connectivity index (χ1v) is 11.8. The number of carbonyl (C=O) groups is 2. The maximum Gasteiger partial charge on any atom is 0.338 e. The van der Waals surface area contributed by atoms with Crippen LogP contribution in [0, 0.1) is 0 Å². The number of allylic oxidation sites excluding steroid dienone is 1. The molecule has 0 fully saturated rings. The summed E-state index contributed by atoms with van der Waals surface area (Å²) >= 11 is 19.7. The minimum Gasteiger partial charge on any atom is -0.463 e. The fraction of sp³-hybridized carbons (Fsp3) is 0.227. The van der Waals surface area contributed by atoms with Gasteiger partial charge in [0.05, 0.1) is 28.0 Å². The van der Waals surface area contributed by atoms with E-state index in [4.69, 9.17) is 39.5 Å². The summed E-state index contributed by atoms with van der Waals surface area (Å²) in [4.78, 5) is 29.6. The molecule has 2 aromatic rings. The number of nitrogens with one attached hydrogen (secondary N) is 2. The smallest absolute Gasteiger partial charge is 0.338 e. The Morgan fingerprint density at radius 2 is 1.88 bits per heavy atom. The van der Waals surface area contributed by atoms with Crippen LogP contribution in [0.25, 0.3) is 0 Å². The van der Waals surface area contributed by atoms with E-state index < -0.39 is 12.0 Å². The predicted molar refractivity (Wildman–Crippen MR) is 132 cm³/mol. The van der Waals surface area contributed by atoms with Crippen LogP contribution in [-0.4, -0.2) is 29.4 Å². The lowest BCUT2D eigenvalue weighted by molar-refractivity contribution is -0.139. The van der Waals surface area contributed by atoms with E-state index in [-0.39, 0.29) is 18.3 Å². The van der Waals surface area contributed by atoms with E-state index in [9.17, 15) is 9.59 Å². The Kier molecular flexibility index (Phi) is 8.48. The first kappa shape index (κ1) is 24.5. The Balaban J connectivity index is 1.81. The molecule has 32 heavy (non-hydrogen) atoms. The molecule has 6 nitrogen and oxygen atoms in total. The number of nitrogens with zero attached hydrogens (tertiary/aromatic N) is 1. The standard InChI is InChI=1S/C22H20Cl3N3O3S/c1-3-31-21(30)18-12(2)26-22(28-20(18)15-5-4-6-16(24)19(15)25)32-11-17(29)27-14-9-7-13(23)8-10-14/h4-10,20H,3,11H2,1-2H3,(H,26,28)(H,27,29)/t20-/m1/s1. The molecule has 0 unspecified atom stereocenters. The Morgan fingerprint density at radius 1 is 1.16 bits per heavy atom. The number of rotatable bonds is 6. The molecule has 10 heteroatoms. The number of carbonyl (C=O) groups excluding carboxylic acids is 2. The Bertz CT molecular complexity index is 1090. The van der Waals surface area contributed by atoms with Gasteiger partial charge in [0.25, 0.3) is 0 Å². The van der Waals surface area contributed by atoms with E-state index >= 15 is 0 Å². The van der Waals surface area contributed by atoms with E-state index in [1.807, 2.05) is 0 Å². The van der Waals surface area contributed by atoms with Crippen LogP contribution in [-0.2, 0) is 14.3 Å². The molecule has 1 atom stereocenters. The molecule has 0 saturated heterocycles. The average molecular weight is 513 g/mol. The van der Waals surface area contributed by atoms with Crippen molar-refractivity contribution in [3.8, 4) is 0 Å². The molecule has 0 aromatic heterocycles. The van der Waals surface area contributed by atoms with Crippen LogP contribution in [0.5, 0.6) is 0 Å². The zero-order chi connectivity index (χ0) is 23.3. The number of hydrogen-bond acceptors (Lipinski definition) is 6. The second-order valence-electron chi connectivity index (χ2n) is 6.71. The number of ether oxygens (including phenoxy) is 1. The van der Waals surface area contributed by atoms with Gasteiger partial charge in [-0.05, 0) is 44.2 Å². The van der Waals surface area contributed by atoms with Crippen LogP contribution in [0.15, 0.2) is 58.7 Å². The van der Waals surface area contributed by atoms with Crippen molar-refractivity contribution in [2.45, 2.75) is 19.9 Å². The van der Waals surface area contributed by atoms with Crippen molar-refractivity contribution in [1.29, 1.82) is 0 Å².